The minimum absolute atomic E-state index is 0.156. The maximum absolute atomic E-state index is 13.7. The largest absolute Gasteiger partial charge is 0.497 e. The van der Waals surface area contributed by atoms with Crippen molar-refractivity contribution in [3.05, 3.63) is 90.1 Å². The van der Waals surface area contributed by atoms with Crippen molar-refractivity contribution in [3.8, 4) is 28.4 Å². The fourth-order valence-corrected chi connectivity index (χ4v) is 4.49. The Morgan fingerprint density at radius 3 is 2.47 bits per heavy atom. The molecule has 34 heavy (non-hydrogen) atoms. The van der Waals surface area contributed by atoms with E-state index in [1.54, 1.807) is 18.9 Å². The van der Waals surface area contributed by atoms with E-state index >= 15 is 0 Å². The van der Waals surface area contributed by atoms with Crippen molar-refractivity contribution >= 4 is 17.7 Å². The third-order valence-corrected chi connectivity index (χ3v) is 6.54. The van der Waals surface area contributed by atoms with Crippen LogP contribution in [0.4, 0.5) is 0 Å². The highest BCUT2D eigenvalue weighted by molar-refractivity contribution is 7.98. The Bertz CT molecular complexity index is 1280. The van der Waals surface area contributed by atoms with Crippen LogP contribution in [0, 0.1) is 0 Å². The number of imidazole rings is 1. The second-order valence-corrected chi connectivity index (χ2v) is 8.83. The Morgan fingerprint density at radius 1 is 1.03 bits per heavy atom. The number of rotatable bonds is 8. The second-order valence-electron chi connectivity index (χ2n) is 7.95. The average Bonchev–Trinajstić information content (AvgIpc) is 3.29. The number of nitrogens with zero attached hydrogens (tertiary/aromatic N) is 2. The van der Waals surface area contributed by atoms with Crippen LogP contribution in [0.5, 0.6) is 5.75 Å². The Morgan fingerprint density at radius 2 is 1.76 bits per heavy atom. The van der Waals surface area contributed by atoms with E-state index in [0.717, 1.165) is 33.2 Å². The van der Waals surface area contributed by atoms with E-state index in [0.29, 0.717) is 17.9 Å². The van der Waals surface area contributed by atoms with Gasteiger partial charge in [0.1, 0.15) is 23.0 Å². The van der Waals surface area contributed by atoms with Crippen molar-refractivity contribution in [2.24, 2.45) is 0 Å². The van der Waals surface area contributed by atoms with E-state index in [-0.39, 0.29) is 11.9 Å². The van der Waals surface area contributed by atoms with Crippen molar-refractivity contribution in [1.29, 1.82) is 0 Å². The summed E-state index contributed by atoms with van der Waals surface area (Å²) in [5.74, 6) is 1.39. The lowest BCUT2D eigenvalue weighted by molar-refractivity contribution is 0.0931. The molecule has 1 heterocycles. The molecule has 5 nitrogen and oxygen atoms in total. The van der Waals surface area contributed by atoms with Crippen LogP contribution in [-0.4, -0.2) is 28.8 Å². The minimum atomic E-state index is -0.201. The molecule has 0 aliphatic rings. The molecule has 0 bridgehead atoms. The zero-order valence-corrected chi connectivity index (χ0v) is 20.7. The van der Waals surface area contributed by atoms with Crippen molar-refractivity contribution in [2.75, 3.05) is 13.4 Å². The Labute approximate surface area is 205 Å². The maximum atomic E-state index is 13.7. The van der Waals surface area contributed by atoms with E-state index in [1.165, 1.54) is 0 Å². The number of carbonyl (C=O) groups is 1. The summed E-state index contributed by atoms with van der Waals surface area (Å²) in [4.78, 5) is 19.9. The number of nitrogens with one attached hydrogen (secondary N) is 1. The van der Waals surface area contributed by atoms with Gasteiger partial charge in [0.2, 0.25) is 0 Å². The van der Waals surface area contributed by atoms with Crippen LogP contribution in [0.3, 0.4) is 0 Å². The van der Waals surface area contributed by atoms with Gasteiger partial charge in [-0.3, -0.25) is 4.79 Å². The highest BCUT2D eigenvalue weighted by Gasteiger charge is 2.25. The van der Waals surface area contributed by atoms with Gasteiger partial charge >= 0.3 is 0 Å². The van der Waals surface area contributed by atoms with E-state index in [1.807, 2.05) is 91.4 Å². The summed E-state index contributed by atoms with van der Waals surface area (Å²) >= 11 is 1.67. The number of amides is 1. The number of hydrogen-bond donors (Lipinski definition) is 1. The van der Waals surface area contributed by atoms with Gasteiger partial charge in [-0.05, 0) is 49.9 Å². The summed E-state index contributed by atoms with van der Waals surface area (Å²) in [6.45, 7) is 4.64. The molecule has 174 valence electrons. The first-order valence-electron chi connectivity index (χ1n) is 11.3. The zero-order valence-electron chi connectivity index (χ0n) is 19.9. The zero-order chi connectivity index (χ0) is 24.1. The molecule has 4 aromatic rings. The van der Waals surface area contributed by atoms with Crippen LogP contribution >= 0.6 is 11.8 Å². The molecule has 0 aliphatic heterocycles. The lowest BCUT2D eigenvalue weighted by Gasteiger charge is -2.17. The Hall–Kier alpha value is -3.51. The highest BCUT2D eigenvalue weighted by atomic mass is 32.2. The fourth-order valence-electron chi connectivity index (χ4n) is 4.03. The summed E-state index contributed by atoms with van der Waals surface area (Å²) in [5, 5.41) is 3.18. The monoisotopic (exact) mass is 471 g/mol. The van der Waals surface area contributed by atoms with E-state index < -0.39 is 0 Å². The van der Waals surface area contributed by atoms with Gasteiger partial charge in [0, 0.05) is 22.6 Å². The summed E-state index contributed by atoms with van der Waals surface area (Å²) in [5.41, 5.74) is 4.13. The summed E-state index contributed by atoms with van der Waals surface area (Å²) in [7, 11) is 1.64. The highest BCUT2D eigenvalue weighted by Crippen LogP contribution is 2.32. The molecule has 0 radical (unpaired) electrons. The molecule has 0 unspecified atom stereocenters. The molecule has 0 aliphatic carbocycles. The van der Waals surface area contributed by atoms with E-state index in [4.69, 9.17) is 9.72 Å². The molecule has 1 atom stereocenters. The predicted molar refractivity (Wildman–Crippen MR) is 139 cm³/mol. The topological polar surface area (TPSA) is 56.2 Å². The quantitative estimate of drug-likeness (QED) is 0.300. The van der Waals surface area contributed by atoms with Gasteiger partial charge in [0.15, 0.2) is 0 Å². The van der Waals surface area contributed by atoms with E-state index in [2.05, 4.69) is 17.4 Å². The standard InChI is InChI=1S/C28H29N3O2S/c1-5-31-26(28(32)29-19(2)21-13-9-15-23(17-21)33-3)25(22-14-10-16-24(18-22)34-4)30-27(31)20-11-7-6-8-12-20/h6-19H,5H2,1-4H3,(H,29,32)/t19-/m1/s1. The molecule has 3 aromatic carbocycles. The molecular weight excluding hydrogens is 442 g/mol. The normalized spacial score (nSPS) is 11.8. The molecule has 6 heteroatoms. The van der Waals surface area contributed by atoms with Crippen LogP contribution in [-0.2, 0) is 6.54 Å². The van der Waals surface area contributed by atoms with Crippen LogP contribution < -0.4 is 10.1 Å². The lowest BCUT2D eigenvalue weighted by atomic mass is 10.1. The fraction of sp³-hybridized carbons (Fsp3) is 0.214. The van der Waals surface area contributed by atoms with Gasteiger partial charge in [0.25, 0.3) is 5.91 Å². The van der Waals surface area contributed by atoms with Gasteiger partial charge in [-0.2, -0.15) is 0 Å². The van der Waals surface area contributed by atoms with E-state index in [9.17, 15) is 4.79 Å². The Kier molecular flexibility index (Phi) is 7.38. The second kappa shape index (κ2) is 10.6. The van der Waals surface area contributed by atoms with Crippen molar-refractivity contribution in [3.63, 3.8) is 0 Å². The molecule has 1 N–H and O–H groups in total. The molecule has 4 rings (SSSR count). The Balaban J connectivity index is 1.80. The first-order chi connectivity index (χ1) is 16.5. The molecule has 1 amide bonds. The first kappa shape index (κ1) is 23.6. The predicted octanol–water partition coefficient (Wildman–Crippen LogP) is 6.46. The molecule has 0 saturated carbocycles. The lowest BCUT2D eigenvalue weighted by Crippen LogP contribution is -2.29. The number of hydrogen-bond acceptors (Lipinski definition) is 4. The van der Waals surface area contributed by atoms with Gasteiger partial charge in [0.05, 0.1) is 13.2 Å². The maximum Gasteiger partial charge on any atom is 0.270 e. The number of methoxy groups -OCH3 is 1. The third-order valence-electron chi connectivity index (χ3n) is 5.82. The summed E-state index contributed by atoms with van der Waals surface area (Å²) in [6.07, 6.45) is 2.04. The van der Waals surface area contributed by atoms with Crippen molar-refractivity contribution in [1.82, 2.24) is 14.9 Å². The summed E-state index contributed by atoms with van der Waals surface area (Å²) in [6, 6.07) is 25.7. The molecular formula is C28H29N3O2S. The van der Waals surface area contributed by atoms with Crippen LogP contribution in [0.25, 0.3) is 22.6 Å². The third kappa shape index (κ3) is 4.87. The molecule has 0 fully saturated rings. The first-order valence-corrected chi connectivity index (χ1v) is 12.5. The van der Waals surface area contributed by atoms with Crippen molar-refractivity contribution in [2.45, 2.75) is 31.3 Å². The minimum Gasteiger partial charge on any atom is -0.497 e. The van der Waals surface area contributed by atoms with Gasteiger partial charge in [-0.1, -0.05) is 54.6 Å². The van der Waals surface area contributed by atoms with Crippen LogP contribution in [0.2, 0.25) is 0 Å². The van der Waals surface area contributed by atoms with Gasteiger partial charge in [-0.15, -0.1) is 11.8 Å². The van der Waals surface area contributed by atoms with Crippen molar-refractivity contribution < 1.29 is 9.53 Å². The molecule has 0 saturated heterocycles. The number of carbonyl (C=O) groups excluding carboxylic acids is 1. The smallest absolute Gasteiger partial charge is 0.270 e. The SMILES string of the molecule is CCn1c(-c2ccccc2)nc(-c2cccc(SC)c2)c1C(=O)N[C@H](C)c1cccc(OC)c1. The summed E-state index contributed by atoms with van der Waals surface area (Å²) < 4.78 is 7.36. The number of ether oxygens (including phenoxy) is 1. The van der Waals surface area contributed by atoms with Gasteiger partial charge < -0.3 is 14.6 Å². The van der Waals surface area contributed by atoms with Gasteiger partial charge in [-0.25, -0.2) is 4.98 Å². The molecule has 0 spiro atoms. The van der Waals surface area contributed by atoms with Crippen LogP contribution in [0.1, 0.15) is 35.9 Å². The number of aromatic nitrogens is 2. The average molecular weight is 472 g/mol. The number of benzene rings is 3. The molecule has 1 aromatic heterocycles. The van der Waals surface area contributed by atoms with Crippen LogP contribution in [0.15, 0.2) is 83.8 Å². The number of thioether (sulfide) groups is 1.